The van der Waals surface area contributed by atoms with Crippen molar-refractivity contribution >= 4 is 17.8 Å². The zero-order valence-electron chi connectivity index (χ0n) is 14.7. The second kappa shape index (κ2) is 8.60. The molecule has 0 aliphatic carbocycles. The third-order valence-corrected chi connectivity index (χ3v) is 4.71. The highest BCUT2D eigenvalue weighted by molar-refractivity contribution is 5.83. The van der Waals surface area contributed by atoms with Crippen molar-refractivity contribution in [1.82, 2.24) is 14.8 Å². The fraction of sp³-hybridized carbons (Fsp3) is 0.556. The number of carbonyl (C=O) groups is 3. The first-order chi connectivity index (χ1) is 11.9. The summed E-state index contributed by atoms with van der Waals surface area (Å²) < 4.78 is 0. The van der Waals surface area contributed by atoms with E-state index in [4.69, 9.17) is 5.11 Å². The molecule has 1 aliphatic rings. The number of hydrogen-bond donors (Lipinski definition) is 1. The van der Waals surface area contributed by atoms with Crippen molar-refractivity contribution in [2.45, 2.75) is 45.1 Å². The number of carboxylic acids is 1. The van der Waals surface area contributed by atoms with Gasteiger partial charge in [0.1, 0.15) is 6.54 Å². The Hall–Kier alpha value is -2.44. The minimum absolute atomic E-state index is 0.0428. The molecule has 1 aromatic rings. The summed E-state index contributed by atoms with van der Waals surface area (Å²) in [6.45, 7) is 4.12. The molecule has 2 unspecified atom stereocenters. The maximum absolute atomic E-state index is 12.8. The first-order valence-electron chi connectivity index (χ1n) is 8.58. The molecule has 1 aliphatic heterocycles. The van der Waals surface area contributed by atoms with Crippen LogP contribution in [0, 0.1) is 0 Å². The summed E-state index contributed by atoms with van der Waals surface area (Å²) in [6.07, 6.45) is 5.43. The quantitative estimate of drug-likeness (QED) is 0.872. The lowest BCUT2D eigenvalue weighted by molar-refractivity contribution is -0.145. The molecule has 0 radical (unpaired) electrons. The summed E-state index contributed by atoms with van der Waals surface area (Å²) in [4.78, 5) is 42.8. The maximum atomic E-state index is 12.8. The van der Waals surface area contributed by atoms with Crippen molar-refractivity contribution < 1.29 is 19.5 Å². The Labute approximate surface area is 147 Å². The number of rotatable bonds is 5. The van der Waals surface area contributed by atoms with Gasteiger partial charge in [-0.3, -0.25) is 19.4 Å². The average molecular weight is 347 g/mol. The van der Waals surface area contributed by atoms with Crippen LogP contribution in [-0.2, 0) is 14.4 Å². The number of carbonyl (C=O) groups excluding carboxylic acids is 2. The fourth-order valence-corrected chi connectivity index (χ4v) is 3.30. The Morgan fingerprint density at radius 3 is 2.72 bits per heavy atom. The molecule has 0 aromatic carbocycles. The van der Waals surface area contributed by atoms with E-state index in [-0.39, 0.29) is 30.3 Å². The number of nitrogens with zero attached hydrogens (tertiary/aromatic N) is 3. The zero-order chi connectivity index (χ0) is 18.4. The number of aliphatic carboxylic acids is 1. The van der Waals surface area contributed by atoms with Gasteiger partial charge in [0.15, 0.2) is 0 Å². The molecule has 2 amide bonds. The van der Waals surface area contributed by atoms with Crippen LogP contribution in [0.3, 0.4) is 0 Å². The highest BCUT2D eigenvalue weighted by Gasteiger charge is 2.29. The molecule has 0 spiro atoms. The van der Waals surface area contributed by atoms with Crippen molar-refractivity contribution in [2.24, 2.45) is 0 Å². The summed E-state index contributed by atoms with van der Waals surface area (Å²) in [7, 11) is 0. The van der Waals surface area contributed by atoms with Crippen LogP contribution >= 0.6 is 0 Å². The van der Waals surface area contributed by atoms with Gasteiger partial charge in [-0.15, -0.1) is 0 Å². The van der Waals surface area contributed by atoms with E-state index in [1.54, 1.807) is 12.4 Å². The predicted molar refractivity (Wildman–Crippen MR) is 91.9 cm³/mol. The largest absolute Gasteiger partial charge is 0.480 e. The van der Waals surface area contributed by atoms with Crippen LogP contribution < -0.4 is 0 Å². The molecule has 0 saturated carbocycles. The number of carboxylic acid groups (broad SMARTS) is 1. The normalized spacial score (nSPS) is 19.0. The minimum Gasteiger partial charge on any atom is -0.480 e. The molecule has 1 N–H and O–H groups in total. The molecular weight excluding hydrogens is 322 g/mol. The molecule has 1 fully saturated rings. The summed E-state index contributed by atoms with van der Waals surface area (Å²) in [5.41, 5.74) is 0.879. The van der Waals surface area contributed by atoms with Crippen LogP contribution in [0.5, 0.6) is 0 Å². The van der Waals surface area contributed by atoms with E-state index in [0.717, 1.165) is 12.0 Å². The minimum atomic E-state index is -1.02. The van der Waals surface area contributed by atoms with E-state index in [0.29, 0.717) is 25.9 Å². The molecule has 2 rings (SSSR count). The number of likely N-dealkylation sites (tertiary alicyclic amines) is 1. The summed E-state index contributed by atoms with van der Waals surface area (Å²) in [6, 6.07) is 3.56. The van der Waals surface area contributed by atoms with Gasteiger partial charge >= 0.3 is 5.97 Å². The van der Waals surface area contributed by atoms with Crippen LogP contribution in [0.4, 0.5) is 0 Å². The van der Waals surface area contributed by atoms with Crippen molar-refractivity contribution in [2.75, 3.05) is 19.6 Å². The summed E-state index contributed by atoms with van der Waals surface area (Å²) >= 11 is 0. The van der Waals surface area contributed by atoms with Crippen LogP contribution in [-0.4, -0.2) is 63.4 Å². The molecule has 2 heterocycles. The van der Waals surface area contributed by atoms with Crippen LogP contribution in [0.25, 0.3) is 0 Å². The standard InChI is InChI=1S/C18H25N3O4/c1-13(15-5-3-8-19-11-15)18(25)20-9-4-6-16(7-10-20)21(14(2)22)12-17(23)24/h3,5,8,11,13,16H,4,6-7,9-10,12H2,1-2H3,(H,23,24). The maximum Gasteiger partial charge on any atom is 0.323 e. The van der Waals surface area contributed by atoms with E-state index in [2.05, 4.69) is 4.98 Å². The average Bonchev–Trinajstić information content (AvgIpc) is 2.84. The molecule has 0 bridgehead atoms. The van der Waals surface area contributed by atoms with Gasteiger partial charge in [0.05, 0.1) is 5.92 Å². The molecule has 1 aromatic heterocycles. The number of aromatic nitrogens is 1. The van der Waals surface area contributed by atoms with E-state index in [1.807, 2.05) is 24.0 Å². The molecule has 7 heteroatoms. The van der Waals surface area contributed by atoms with Crippen LogP contribution in [0.15, 0.2) is 24.5 Å². The van der Waals surface area contributed by atoms with Crippen LogP contribution in [0.1, 0.15) is 44.6 Å². The molecule has 2 atom stereocenters. The van der Waals surface area contributed by atoms with Crippen LogP contribution in [0.2, 0.25) is 0 Å². The number of pyridine rings is 1. The fourth-order valence-electron chi connectivity index (χ4n) is 3.30. The lowest BCUT2D eigenvalue weighted by Crippen LogP contribution is -2.43. The SMILES string of the molecule is CC(=O)N(CC(=O)O)C1CCCN(C(=O)C(C)c2cccnc2)CC1. The van der Waals surface area contributed by atoms with Gasteiger partial charge in [-0.1, -0.05) is 6.07 Å². The van der Waals surface area contributed by atoms with E-state index in [9.17, 15) is 14.4 Å². The lowest BCUT2D eigenvalue weighted by atomic mass is 10.0. The van der Waals surface area contributed by atoms with Crippen molar-refractivity contribution in [3.8, 4) is 0 Å². The van der Waals surface area contributed by atoms with Gasteiger partial charge in [-0.25, -0.2) is 0 Å². The molecule has 7 nitrogen and oxygen atoms in total. The molecule has 136 valence electrons. The number of hydrogen-bond acceptors (Lipinski definition) is 4. The summed E-state index contributed by atoms with van der Waals surface area (Å²) in [5, 5.41) is 9.01. The van der Waals surface area contributed by atoms with Gasteiger partial charge in [0.25, 0.3) is 0 Å². The van der Waals surface area contributed by atoms with Gasteiger partial charge in [-0.2, -0.15) is 0 Å². The zero-order valence-corrected chi connectivity index (χ0v) is 14.7. The second-order valence-corrected chi connectivity index (χ2v) is 6.46. The van der Waals surface area contributed by atoms with Crippen molar-refractivity contribution in [1.29, 1.82) is 0 Å². The summed E-state index contributed by atoms with van der Waals surface area (Å²) in [5.74, 6) is -1.48. The van der Waals surface area contributed by atoms with E-state index < -0.39 is 5.97 Å². The van der Waals surface area contributed by atoms with Gasteiger partial charge in [0, 0.05) is 38.4 Å². The first-order valence-corrected chi connectivity index (χ1v) is 8.58. The Balaban J connectivity index is 2.01. The smallest absolute Gasteiger partial charge is 0.323 e. The third kappa shape index (κ3) is 5.01. The Kier molecular flexibility index (Phi) is 6.50. The Morgan fingerprint density at radius 2 is 2.12 bits per heavy atom. The highest BCUT2D eigenvalue weighted by atomic mass is 16.4. The first kappa shape index (κ1) is 18.9. The van der Waals surface area contributed by atoms with Gasteiger partial charge in [-0.05, 0) is 37.8 Å². The van der Waals surface area contributed by atoms with Gasteiger partial charge in [0.2, 0.25) is 11.8 Å². The Morgan fingerprint density at radius 1 is 1.36 bits per heavy atom. The monoisotopic (exact) mass is 347 g/mol. The molecular formula is C18H25N3O4. The Bertz CT molecular complexity index is 620. The molecule has 25 heavy (non-hydrogen) atoms. The highest BCUT2D eigenvalue weighted by Crippen LogP contribution is 2.22. The second-order valence-electron chi connectivity index (χ2n) is 6.46. The topological polar surface area (TPSA) is 90.8 Å². The lowest BCUT2D eigenvalue weighted by Gasteiger charge is -2.29. The van der Waals surface area contributed by atoms with Gasteiger partial charge < -0.3 is 14.9 Å². The predicted octanol–water partition coefficient (Wildman–Crippen LogP) is 1.50. The van der Waals surface area contributed by atoms with Crippen molar-refractivity contribution in [3.05, 3.63) is 30.1 Å². The van der Waals surface area contributed by atoms with E-state index >= 15 is 0 Å². The van der Waals surface area contributed by atoms with E-state index in [1.165, 1.54) is 11.8 Å². The number of amides is 2. The molecule has 1 saturated heterocycles. The van der Waals surface area contributed by atoms with Crippen molar-refractivity contribution in [3.63, 3.8) is 0 Å². The third-order valence-electron chi connectivity index (χ3n) is 4.71.